The number of aryl methyl sites for hydroxylation is 1. The number of carbonyl (C=O) groups is 1. The molecule has 0 saturated carbocycles. The first-order valence-electron chi connectivity index (χ1n) is 5.28. The predicted molar refractivity (Wildman–Crippen MR) is 73.1 cm³/mol. The monoisotopic (exact) mass is 280 g/mol. The molecule has 0 spiro atoms. The third-order valence-corrected chi connectivity index (χ3v) is 2.79. The number of carbonyl (C=O) groups excluding carboxylic acids is 1. The molecule has 0 aliphatic heterocycles. The quantitative estimate of drug-likeness (QED) is 0.747. The Balaban J connectivity index is 2.36. The third-order valence-electron chi connectivity index (χ3n) is 2.36. The van der Waals surface area contributed by atoms with Gasteiger partial charge in [0.05, 0.1) is 5.56 Å². The molecular weight excluding hydrogens is 271 g/mol. The maximum atomic E-state index is 11.0. The highest BCUT2D eigenvalue weighted by Crippen LogP contribution is 2.30. The molecule has 0 amide bonds. The van der Waals surface area contributed by atoms with Crippen molar-refractivity contribution in [3.05, 3.63) is 57.6 Å². The Morgan fingerprint density at radius 2 is 1.72 bits per heavy atom. The summed E-state index contributed by atoms with van der Waals surface area (Å²) in [4.78, 5) is 11.0. The predicted octanol–water partition coefficient (Wildman–Crippen LogP) is 4.91. The molecule has 0 aliphatic carbocycles. The lowest BCUT2D eigenvalue weighted by atomic mass is 10.1. The number of rotatable bonds is 3. The summed E-state index contributed by atoms with van der Waals surface area (Å²) in [5.74, 6) is 0.980. The van der Waals surface area contributed by atoms with E-state index in [1.165, 1.54) is 0 Å². The van der Waals surface area contributed by atoms with Gasteiger partial charge in [-0.2, -0.15) is 0 Å². The molecule has 0 atom stereocenters. The van der Waals surface area contributed by atoms with E-state index in [-0.39, 0.29) is 0 Å². The van der Waals surface area contributed by atoms with E-state index in [4.69, 9.17) is 27.9 Å². The van der Waals surface area contributed by atoms with Crippen LogP contribution >= 0.6 is 23.2 Å². The number of hydrogen-bond acceptors (Lipinski definition) is 2. The fourth-order valence-electron chi connectivity index (χ4n) is 1.57. The van der Waals surface area contributed by atoms with E-state index < -0.39 is 0 Å². The lowest BCUT2D eigenvalue weighted by Gasteiger charge is -2.09. The van der Waals surface area contributed by atoms with E-state index in [0.29, 0.717) is 27.1 Å². The van der Waals surface area contributed by atoms with E-state index in [0.717, 1.165) is 11.8 Å². The smallest absolute Gasteiger partial charge is 0.153 e. The van der Waals surface area contributed by atoms with E-state index >= 15 is 0 Å². The summed E-state index contributed by atoms with van der Waals surface area (Å²) in [5, 5.41) is 0.967. The van der Waals surface area contributed by atoms with Crippen molar-refractivity contribution in [3.63, 3.8) is 0 Å². The molecule has 0 N–H and O–H groups in total. The van der Waals surface area contributed by atoms with Gasteiger partial charge in [-0.25, -0.2) is 0 Å². The van der Waals surface area contributed by atoms with Gasteiger partial charge in [0.25, 0.3) is 0 Å². The van der Waals surface area contributed by atoms with Crippen LogP contribution in [0.2, 0.25) is 10.0 Å². The standard InChI is InChI=1S/C14H10Cl2O2/c1-9-2-3-14(10(4-9)8-17)18-13-6-11(15)5-12(16)7-13/h2-8H,1H3. The molecule has 0 bridgehead atoms. The summed E-state index contributed by atoms with van der Waals surface area (Å²) in [7, 11) is 0. The summed E-state index contributed by atoms with van der Waals surface area (Å²) in [6.07, 6.45) is 0.758. The topological polar surface area (TPSA) is 26.3 Å². The highest BCUT2D eigenvalue weighted by atomic mass is 35.5. The highest BCUT2D eigenvalue weighted by Gasteiger charge is 2.06. The zero-order valence-corrected chi connectivity index (χ0v) is 11.1. The van der Waals surface area contributed by atoms with Gasteiger partial charge < -0.3 is 4.74 Å². The molecule has 0 fully saturated rings. The lowest BCUT2D eigenvalue weighted by molar-refractivity contribution is 0.112. The first kappa shape index (κ1) is 12.9. The fraction of sp³-hybridized carbons (Fsp3) is 0.0714. The number of aldehydes is 1. The van der Waals surface area contributed by atoms with Crippen LogP contribution in [-0.2, 0) is 0 Å². The van der Waals surface area contributed by atoms with Crippen molar-refractivity contribution < 1.29 is 9.53 Å². The maximum Gasteiger partial charge on any atom is 0.153 e. The number of benzene rings is 2. The van der Waals surface area contributed by atoms with E-state index in [2.05, 4.69) is 0 Å². The van der Waals surface area contributed by atoms with Gasteiger partial charge in [0, 0.05) is 10.0 Å². The summed E-state index contributed by atoms with van der Waals surface area (Å²) in [5.41, 5.74) is 1.49. The van der Waals surface area contributed by atoms with Gasteiger partial charge in [0.2, 0.25) is 0 Å². The molecule has 4 heteroatoms. The van der Waals surface area contributed by atoms with E-state index in [1.54, 1.807) is 30.3 Å². The van der Waals surface area contributed by atoms with E-state index in [9.17, 15) is 4.79 Å². The Hall–Kier alpha value is -1.51. The number of hydrogen-bond donors (Lipinski definition) is 0. The van der Waals surface area contributed by atoms with Gasteiger partial charge in [-0.05, 0) is 37.3 Å². The fourth-order valence-corrected chi connectivity index (χ4v) is 2.07. The van der Waals surface area contributed by atoms with Crippen LogP contribution in [0.1, 0.15) is 15.9 Å². The SMILES string of the molecule is Cc1ccc(Oc2cc(Cl)cc(Cl)c2)c(C=O)c1. The molecule has 0 unspecified atom stereocenters. The second-order valence-electron chi connectivity index (χ2n) is 3.87. The number of halogens is 2. The summed E-state index contributed by atoms with van der Waals surface area (Å²) in [6, 6.07) is 10.3. The molecule has 2 aromatic carbocycles. The van der Waals surface area contributed by atoms with Gasteiger partial charge >= 0.3 is 0 Å². The first-order chi connectivity index (χ1) is 8.58. The minimum atomic E-state index is 0.480. The molecule has 2 nitrogen and oxygen atoms in total. The zero-order chi connectivity index (χ0) is 13.1. The van der Waals surface area contributed by atoms with Crippen LogP contribution in [0.5, 0.6) is 11.5 Å². The van der Waals surface area contributed by atoms with E-state index in [1.807, 2.05) is 13.0 Å². The van der Waals surface area contributed by atoms with Crippen molar-refractivity contribution in [2.75, 3.05) is 0 Å². The molecule has 0 heterocycles. The Morgan fingerprint density at radius 3 is 2.33 bits per heavy atom. The van der Waals surface area contributed by atoms with Gasteiger partial charge in [-0.3, -0.25) is 4.79 Å². The largest absolute Gasteiger partial charge is 0.457 e. The minimum absolute atomic E-state index is 0.480. The minimum Gasteiger partial charge on any atom is -0.457 e. The Labute approximate surface area is 115 Å². The van der Waals surface area contributed by atoms with Crippen molar-refractivity contribution in [1.29, 1.82) is 0 Å². The van der Waals surface area contributed by atoms with Crippen LogP contribution in [0.25, 0.3) is 0 Å². The van der Waals surface area contributed by atoms with Gasteiger partial charge in [0.1, 0.15) is 11.5 Å². The van der Waals surface area contributed by atoms with Gasteiger partial charge in [-0.15, -0.1) is 0 Å². The second kappa shape index (κ2) is 5.42. The molecule has 2 aromatic rings. The van der Waals surface area contributed by atoms with Crippen LogP contribution in [0.15, 0.2) is 36.4 Å². The van der Waals surface area contributed by atoms with Gasteiger partial charge in [0.15, 0.2) is 6.29 Å². The molecule has 0 aliphatic rings. The summed E-state index contributed by atoms with van der Waals surface area (Å²) < 4.78 is 5.62. The van der Waals surface area contributed by atoms with Crippen LogP contribution in [0, 0.1) is 6.92 Å². The van der Waals surface area contributed by atoms with Crippen LogP contribution in [0.3, 0.4) is 0 Å². The van der Waals surface area contributed by atoms with Crippen molar-refractivity contribution >= 4 is 29.5 Å². The van der Waals surface area contributed by atoms with Crippen molar-refractivity contribution in [2.45, 2.75) is 6.92 Å². The van der Waals surface area contributed by atoms with Crippen LogP contribution in [0.4, 0.5) is 0 Å². The van der Waals surface area contributed by atoms with Crippen LogP contribution in [-0.4, -0.2) is 6.29 Å². The average molecular weight is 281 g/mol. The zero-order valence-electron chi connectivity index (χ0n) is 9.61. The molecule has 92 valence electrons. The Bertz CT molecular complexity index is 574. The normalized spacial score (nSPS) is 10.2. The third kappa shape index (κ3) is 3.03. The second-order valence-corrected chi connectivity index (χ2v) is 4.74. The summed E-state index contributed by atoms with van der Waals surface area (Å²) >= 11 is 11.8. The van der Waals surface area contributed by atoms with Gasteiger partial charge in [-0.1, -0.05) is 34.8 Å². The first-order valence-corrected chi connectivity index (χ1v) is 6.04. The van der Waals surface area contributed by atoms with Crippen molar-refractivity contribution in [2.24, 2.45) is 0 Å². The average Bonchev–Trinajstić information content (AvgIpc) is 2.30. The molecule has 18 heavy (non-hydrogen) atoms. The molecular formula is C14H10Cl2O2. The van der Waals surface area contributed by atoms with Crippen molar-refractivity contribution in [1.82, 2.24) is 0 Å². The highest BCUT2D eigenvalue weighted by molar-refractivity contribution is 6.34. The maximum absolute atomic E-state index is 11.0. The Kier molecular flexibility index (Phi) is 3.90. The lowest BCUT2D eigenvalue weighted by Crippen LogP contribution is -1.91. The molecule has 0 radical (unpaired) electrons. The van der Waals surface area contributed by atoms with Crippen molar-refractivity contribution in [3.8, 4) is 11.5 Å². The Morgan fingerprint density at radius 1 is 1.06 bits per heavy atom. The molecule has 0 saturated heterocycles. The molecule has 2 rings (SSSR count). The summed E-state index contributed by atoms with van der Waals surface area (Å²) in [6.45, 7) is 1.91. The molecule has 0 aromatic heterocycles. The number of ether oxygens (including phenoxy) is 1. The van der Waals surface area contributed by atoms with Crippen LogP contribution < -0.4 is 4.74 Å².